The molecule has 10 heavy (non-hydrogen) atoms. The molecule has 1 rings (SSSR count). The van der Waals surface area contributed by atoms with Crippen molar-refractivity contribution in [2.24, 2.45) is 5.92 Å². The van der Waals surface area contributed by atoms with Crippen molar-refractivity contribution < 1.29 is 32.7 Å². The molecule has 57 valence electrons. The molecule has 0 aromatic rings. The van der Waals surface area contributed by atoms with E-state index in [-0.39, 0.29) is 32.7 Å². The molecule has 2 heteroatoms. The Morgan fingerprint density at radius 1 is 1.40 bits per heavy atom. The van der Waals surface area contributed by atoms with Gasteiger partial charge in [0, 0.05) is 32.7 Å². The van der Waals surface area contributed by atoms with Crippen molar-refractivity contribution in [1.29, 1.82) is 0 Å². The molecule has 1 unspecified atom stereocenters. The minimum atomic E-state index is 0. The van der Waals surface area contributed by atoms with Crippen LogP contribution in [0.1, 0.15) is 32.1 Å². The summed E-state index contributed by atoms with van der Waals surface area (Å²) in [4.78, 5) is 0. The average Bonchev–Trinajstić information content (AvgIpc) is 1.91. The molecule has 0 spiro atoms. The first-order chi connectivity index (χ1) is 4.43. The first kappa shape index (κ1) is 11.1. The third-order valence-corrected chi connectivity index (χ3v) is 2.04. The maximum atomic E-state index is 7.02. The predicted molar refractivity (Wildman–Crippen MR) is 40.1 cm³/mol. The van der Waals surface area contributed by atoms with Crippen molar-refractivity contribution in [3.8, 4) is 0 Å². The fourth-order valence-corrected chi connectivity index (χ4v) is 1.47. The molecule has 1 fully saturated rings. The Morgan fingerprint density at radius 3 is 2.70 bits per heavy atom. The van der Waals surface area contributed by atoms with Gasteiger partial charge in [0.2, 0.25) is 0 Å². The Bertz CT molecular complexity index is 66.9. The second-order valence-electron chi connectivity index (χ2n) is 2.82. The van der Waals surface area contributed by atoms with E-state index in [0.29, 0.717) is 6.54 Å². The van der Waals surface area contributed by atoms with E-state index >= 15 is 0 Å². The molecule has 0 amide bonds. The predicted octanol–water partition coefficient (Wildman–Crippen LogP) is 2.82. The first-order valence-corrected chi connectivity index (χ1v) is 3.91. The molecule has 0 aromatic heterocycles. The SMILES string of the molecule is [NH-]CCC1[CH-]CCCC1.[Y]. The van der Waals surface area contributed by atoms with Gasteiger partial charge in [-0.15, -0.1) is 0 Å². The summed E-state index contributed by atoms with van der Waals surface area (Å²) in [6, 6.07) is 0. The summed E-state index contributed by atoms with van der Waals surface area (Å²) in [6.07, 6.45) is 8.91. The van der Waals surface area contributed by atoms with Crippen LogP contribution in [0.2, 0.25) is 0 Å². The molecule has 1 saturated carbocycles. The van der Waals surface area contributed by atoms with E-state index in [1.807, 2.05) is 0 Å². The Labute approximate surface area is 89.0 Å². The molecule has 0 bridgehead atoms. The van der Waals surface area contributed by atoms with Gasteiger partial charge in [-0.1, -0.05) is 25.7 Å². The van der Waals surface area contributed by atoms with Crippen LogP contribution in [0.25, 0.3) is 5.73 Å². The summed E-state index contributed by atoms with van der Waals surface area (Å²) >= 11 is 0. The Balaban J connectivity index is 0.000000810. The van der Waals surface area contributed by atoms with Gasteiger partial charge in [-0.2, -0.15) is 18.9 Å². The van der Waals surface area contributed by atoms with Crippen LogP contribution in [-0.2, 0) is 32.7 Å². The normalized spacial score (nSPS) is 25.5. The van der Waals surface area contributed by atoms with Gasteiger partial charge in [-0.05, 0) is 0 Å². The van der Waals surface area contributed by atoms with Crippen molar-refractivity contribution in [2.75, 3.05) is 6.54 Å². The zero-order valence-electron chi connectivity index (χ0n) is 6.47. The van der Waals surface area contributed by atoms with Gasteiger partial charge in [0.25, 0.3) is 0 Å². The molecular weight excluding hydrogens is 199 g/mol. The second kappa shape index (κ2) is 6.75. The average molecular weight is 214 g/mol. The maximum Gasteiger partial charge on any atom is 0 e. The summed E-state index contributed by atoms with van der Waals surface area (Å²) in [6.45, 7) is 0.612. The van der Waals surface area contributed by atoms with Gasteiger partial charge in [0.15, 0.2) is 0 Å². The van der Waals surface area contributed by atoms with Gasteiger partial charge in [0.05, 0.1) is 0 Å². The molecular formula is C8H15NY-2. The Hall–Kier alpha value is 1.06. The molecule has 0 aromatic carbocycles. The van der Waals surface area contributed by atoms with Gasteiger partial charge in [0.1, 0.15) is 0 Å². The quantitative estimate of drug-likeness (QED) is 0.631. The standard InChI is InChI=1S/C8H15N.Y/c9-7-6-8-4-2-1-3-5-8;/h4,8-9H,1-3,5-7H2;/q-2;. The van der Waals surface area contributed by atoms with Gasteiger partial charge in [-0.3, -0.25) is 0 Å². The first-order valence-electron chi connectivity index (χ1n) is 3.91. The second-order valence-corrected chi connectivity index (χ2v) is 2.82. The molecule has 1 atom stereocenters. The Kier molecular flexibility index (Phi) is 7.47. The van der Waals surface area contributed by atoms with E-state index in [1.165, 1.54) is 25.7 Å². The van der Waals surface area contributed by atoms with Crippen LogP contribution in [0.15, 0.2) is 0 Å². The fraction of sp³-hybridized carbons (Fsp3) is 0.875. The maximum absolute atomic E-state index is 7.02. The van der Waals surface area contributed by atoms with E-state index in [0.717, 1.165) is 12.3 Å². The minimum Gasteiger partial charge on any atom is -0.677 e. The van der Waals surface area contributed by atoms with Crippen LogP contribution in [0.3, 0.4) is 0 Å². The van der Waals surface area contributed by atoms with Crippen molar-refractivity contribution in [3.05, 3.63) is 12.2 Å². The van der Waals surface area contributed by atoms with Crippen LogP contribution in [0, 0.1) is 12.3 Å². The molecule has 0 aliphatic heterocycles. The summed E-state index contributed by atoms with van der Waals surface area (Å²) in [5.74, 6) is 0.788. The van der Waals surface area contributed by atoms with Crippen LogP contribution in [0.5, 0.6) is 0 Å². The summed E-state index contributed by atoms with van der Waals surface area (Å²) in [5, 5.41) is 0. The van der Waals surface area contributed by atoms with Crippen LogP contribution in [0.4, 0.5) is 0 Å². The molecule has 1 aliphatic rings. The molecule has 1 radical (unpaired) electrons. The molecule has 1 nitrogen and oxygen atoms in total. The third kappa shape index (κ3) is 4.05. The largest absolute Gasteiger partial charge is 0.677 e. The fourth-order valence-electron chi connectivity index (χ4n) is 1.47. The zero-order chi connectivity index (χ0) is 6.53. The van der Waals surface area contributed by atoms with E-state index in [9.17, 15) is 0 Å². The monoisotopic (exact) mass is 214 g/mol. The van der Waals surface area contributed by atoms with Crippen molar-refractivity contribution >= 4 is 0 Å². The van der Waals surface area contributed by atoms with Crippen molar-refractivity contribution in [2.45, 2.75) is 32.1 Å². The topological polar surface area (TPSA) is 23.8 Å². The number of rotatable bonds is 2. The summed E-state index contributed by atoms with van der Waals surface area (Å²) < 4.78 is 0. The molecule has 0 saturated heterocycles. The van der Waals surface area contributed by atoms with E-state index in [4.69, 9.17) is 5.73 Å². The number of nitrogens with one attached hydrogen (secondary N) is 1. The van der Waals surface area contributed by atoms with Crippen molar-refractivity contribution in [1.82, 2.24) is 0 Å². The molecule has 1 aliphatic carbocycles. The Morgan fingerprint density at radius 2 is 2.20 bits per heavy atom. The smallest absolute Gasteiger partial charge is 0 e. The summed E-state index contributed by atoms with van der Waals surface area (Å²) in [5.41, 5.74) is 7.02. The summed E-state index contributed by atoms with van der Waals surface area (Å²) in [7, 11) is 0. The van der Waals surface area contributed by atoms with E-state index < -0.39 is 0 Å². The van der Waals surface area contributed by atoms with Gasteiger partial charge in [-0.25, -0.2) is 0 Å². The van der Waals surface area contributed by atoms with Crippen LogP contribution in [-0.4, -0.2) is 6.54 Å². The number of hydrogen-bond donors (Lipinski definition) is 0. The van der Waals surface area contributed by atoms with E-state index in [1.54, 1.807) is 0 Å². The molecule has 0 heterocycles. The van der Waals surface area contributed by atoms with Crippen LogP contribution >= 0.6 is 0 Å². The van der Waals surface area contributed by atoms with Gasteiger partial charge >= 0.3 is 0 Å². The third-order valence-electron chi connectivity index (χ3n) is 2.04. The van der Waals surface area contributed by atoms with Crippen LogP contribution < -0.4 is 0 Å². The van der Waals surface area contributed by atoms with E-state index in [2.05, 4.69) is 6.42 Å². The minimum absolute atomic E-state index is 0. The van der Waals surface area contributed by atoms with Gasteiger partial charge < -0.3 is 12.2 Å². The number of hydrogen-bond acceptors (Lipinski definition) is 0. The molecule has 1 N–H and O–H groups in total. The van der Waals surface area contributed by atoms with Crippen molar-refractivity contribution in [3.63, 3.8) is 0 Å². The zero-order valence-corrected chi connectivity index (χ0v) is 9.31.